The Morgan fingerprint density at radius 1 is 1.05 bits per heavy atom. The molecule has 1 N–H and O–H groups in total. The maximum absolute atomic E-state index is 12.0. The number of carbonyl (C=O) groups excluding carboxylic acids is 1. The molecule has 104 valence electrons. The van der Waals surface area contributed by atoms with Gasteiger partial charge in [-0.1, -0.05) is 48.5 Å². The quantitative estimate of drug-likeness (QED) is 0.792. The number of anilines is 1. The topological polar surface area (TPSA) is 72.7 Å². The lowest BCUT2D eigenvalue weighted by Gasteiger charge is -2.11. The molecule has 21 heavy (non-hydrogen) atoms. The predicted molar refractivity (Wildman–Crippen MR) is 78.3 cm³/mol. The fourth-order valence-electron chi connectivity index (χ4n) is 2.05. The van der Waals surface area contributed by atoms with E-state index in [1.54, 1.807) is 0 Å². The van der Waals surface area contributed by atoms with Crippen LogP contribution in [0.25, 0.3) is 11.1 Å². The highest BCUT2D eigenvalue weighted by molar-refractivity contribution is 5.95. The van der Waals surface area contributed by atoms with Gasteiger partial charge in [0.25, 0.3) is 0 Å². The van der Waals surface area contributed by atoms with Crippen molar-refractivity contribution in [2.24, 2.45) is 0 Å². The van der Waals surface area contributed by atoms with Gasteiger partial charge in [-0.3, -0.25) is 4.79 Å². The summed E-state index contributed by atoms with van der Waals surface area (Å²) in [6.07, 6.45) is 1.41. The number of hydrogen-bond donors (Lipinski definition) is 1. The number of para-hydroxylation sites is 1. The fraction of sp³-hybridized carbons (Fsp3) is 0.0667. The number of tetrazole rings is 1. The number of amides is 1. The van der Waals surface area contributed by atoms with Gasteiger partial charge in [-0.15, -0.1) is 5.10 Å². The summed E-state index contributed by atoms with van der Waals surface area (Å²) in [5.74, 6) is -0.175. The normalized spacial score (nSPS) is 10.3. The maximum atomic E-state index is 12.0. The van der Waals surface area contributed by atoms with Crippen LogP contribution in [0.1, 0.15) is 0 Å². The first-order valence-electron chi connectivity index (χ1n) is 6.48. The van der Waals surface area contributed by atoms with Gasteiger partial charge < -0.3 is 5.32 Å². The van der Waals surface area contributed by atoms with Crippen molar-refractivity contribution in [2.75, 3.05) is 5.32 Å². The largest absolute Gasteiger partial charge is 0.324 e. The fourth-order valence-corrected chi connectivity index (χ4v) is 2.05. The van der Waals surface area contributed by atoms with Crippen LogP contribution in [0.3, 0.4) is 0 Å². The Kier molecular flexibility index (Phi) is 3.68. The number of hydrogen-bond acceptors (Lipinski definition) is 4. The third-order valence-corrected chi connectivity index (χ3v) is 2.98. The molecule has 0 aliphatic carbocycles. The molecule has 0 bridgehead atoms. The SMILES string of the molecule is O=C(Cn1cnnn1)Nc1ccccc1-c1ccccc1. The second kappa shape index (κ2) is 5.96. The molecule has 0 spiro atoms. The molecule has 3 aromatic rings. The Labute approximate surface area is 121 Å². The van der Waals surface area contributed by atoms with E-state index >= 15 is 0 Å². The van der Waals surface area contributed by atoms with E-state index in [0.717, 1.165) is 16.8 Å². The Balaban J connectivity index is 1.81. The van der Waals surface area contributed by atoms with Crippen molar-refractivity contribution in [3.05, 3.63) is 60.9 Å². The van der Waals surface area contributed by atoms with Crippen LogP contribution in [0, 0.1) is 0 Å². The highest BCUT2D eigenvalue weighted by atomic mass is 16.2. The van der Waals surface area contributed by atoms with Gasteiger partial charge in [-0.25, -0.2) is 4.68 Å². The van der Waals surface area contributed by atoms with Crippen LogP contribution in [-0.2, 0) is 11.3 Å². The Bertz CT molecular complexity index is 725. The standard InChI is InChI=1S/C15H13N5O/c21-15(10-20-11-16-18-19-20)17-14-9-5-4-8-13(14)12-6-2-1-3-7-12/h1-9,11H,10H2,(H,17,21). The first-order chi connectivity index (χ1) is 10.3. The molecule has 1 amide bonds. The van der Waals surface area contributed by atoms with E-state index in [-0.39, 0.29) is 12.5 Å². The van der Waals surface area contributed by atoms with E-state index < -0.39 is 0 Å². The van der Waals surface area contributed by atoms with E-state index in [0.29, 0.717) is 0 Å². The van der Waals surface area contributed by atoms with Crippen molar-refractivity contribution in [1.82, 2.24) is 20.2 Å². The Morgan fingerprint density at radius 2 is 1.81 bits per heavy atom. The molecule has 0 aliphatic heterocycles. The third kappa shape index (κ3) is 3.11. The zero-order valence-corrected chi connectivity index (χ0v) is 11.2. The van der Waals surface area contributed by atoms with Gasteiger partial charge in [0.15, 0.2) is 0 Å². The molecule has 3 rings (SSSR count). The van der Waals surface area contributed by atoms with Gasteiger partial charge in [-0.2, -0.15) is 0 Å². The first-order valence-corrected chi connectivity index (χ1v) is 6.48. The van der Waals surface area contributed by atoms with Gasteiger partial charge in [0.2, 0.25) is 5.91 Å². The minimum Gasteiger partial charge on any atom is -0.324 e. The lowest BCUT2D eigenvalue weighted by atomic mass is 10.0. The lowest BCUT2D eigenvalue weighted by molar-refractivity contribution is -0.116. The van der Waals surface area contributed by atoms with Gasteiger partial charge in [0.05, 0.1) is 0 Å². The summed E-state index contributed by atoms with van der Waals surface area (Å²) in [5.41, 5.74) is 2.79. The van der Waals surface area contributed by atoms with Gasteiger partial charge in [0.1, 0.15) is 12.9 Å². The predicted octanol–water partition coefficient (Wildman–Crippen LogP) is 1.98. The molecule has 0 saturated carbocycles. The average Bonchev–Trinajstić information content (AvgIpc) is 3.01. The average molecular weight is 279 g/mol. The van der Waals surface area contributed by atoms with Crippen LogP contribution in [0.4, 0.5) is 5.69 Å². The van der Waals surface area contributed by atoms with Crippen LogP contribution in [0.5, 0.6) is 0 Å². The molecule has 6 nitrogen and oxygen atoms in total. The van der Waals surface area contributed by atoms with Crippen LogP contribution < -0.4 is 5.32 Å². The summed E-state index contributed by atoms with van der Waals surface area (Å²) in [5, 5.41) is 13.6. The first kappa shape index (κ1) is 13.0. The van der Waals surface area contributed by atoms with Crippen molar-refractivity contribution < 1.29 is 4.79 Å². The molecule has 2 aromatic carbocycles. The highest BCUT2D eigenvalue weighted by Gasteiger charge is 2.09. The summed E-state index contributed by atoms with van der Waals surface area (Å²) in [4.78, 5) is 12.0. The summed E-state index contributed by atoms with van der Waals surface area (Å²) in [7, 11) is 0. The zero-order chi connectivity index (χ0) is 14.5. The van der Waals surface area contributed by atoms with E-state index in [4.69, 9.17) is 0 Å². The minimum atomic E-state index is -0.175. The summed E-state index contributed by atoms with van der Waals surface area (Å²) in [6.45, 7) is 0.0795. The molecule has 0 unspecified atom stereocenters. The summed E-state index contributed by atoms with van der Waals surface area (Å²) in [6, 6.07) is 17.6. The molecule has 6 heteroatoms. The lowest BCUT2D eigenvalue weighted by Crippen LogP contribution is -2.19. The molecule has 0 atom stereocenters. The molecular formula is C15H13N5O. The number of benzene rings is 2. The van der Waals surface area contributed by atoms with Crippen LogP contribution in [0.15, 0.2) is 60.9 Å². The Morgan fingerprint density at radius 3 is 2.57 bits per heavy atom. The van der Waals surface area contributed by atoms with E-state index in [1.165, 1.54) is 11.0 Å². The minimum absolute atomic E-state index is 0.0795. The summed E-state index contributed by atoms with van der Waals surface area (Å²) < 4.78 is 1.38. The van der Waals surface area contributed by atoms with Crippen molar-refractivity contribution in [2.45, 2.75) is 6.54 Å². The molecule has 0 fully saturated rings. The molecular weight excluding hydrogens is 266 g/mol. The van der Waals surface area contributed by atoms with Crippen LogP contribution in [0.2, 0.25) is 0 Å². The molecule has 0 radical (unpaired) electrons. The Hall–Kier alpha value is -3.02. The maximum Gasteiger partial charge on any atom is 0.246 e. The smallest absolute Gasteiger partial charge is 0.246 e. The molecule has 0 aliphatic rings. The molecule has 1 heterocycles. The van der Waals surface area contributed by atoms with Crippen LogP contribution in [-0.4, -0.2) is 26.1 Å². The second-order valence-corrected chi connectivity index (χ2v) is 4.47. The van der Waals surface area contributed by atoms with E-state index in [9.17, 15) is 4.79 Å². The van der Waals surface area contributed by atoms with Gasteiger partial charge in [0, 0.05) is 11.3 Å². The highest BCUT2D eigenvalue weighted by Crippen LogP contribution is 2.27. The van der Waals surface area contributed by atoms with Gasteiger partial charge in [-0.05, 0) is 22.1 Å². The number of rotatable bonds is 4. The number of nitrogens with zero attached hydrogens (tertiary/aromatic N) is 4. The van der Waals surface area contributed by atoms with E-state index in [1.807, 2.05) is 54.6 Å². The summed E-state index contributed by atoms with van der Waals surface area (Å²) >= 11 is 0. The second-order valence-electron chi connectivity index (χ2n) is 4.47. The van der Waals surface area contributed by atoms with Crippen LogP contribution >= 0.6 is 0 Å². The van der Waals surface area contributed by atoms with Crippen molar-refractivity contribution in [1.29, 1.82) is 0 Å². The van der Waals surface area contributed by atoms with Crippen molar-refractivity contribution in [3.63, 3.8) is 0 Å². The number of carbonyl (C=O) groups is 1. The molecule has 1 aromatic heterocycles. The zero-order valence-electron chi connectivity index (χ0n) is 11.2. The number of nitrogens with one attached hydrogen (secondary N) is 1. The van der Waals surface area contributed by atoms with Crippen molar-refractivity contribution >= 4 is 11.6 Å². The number of aromatic nitrogens is 4. The third-order valence-electron chi connectivity index (χ3n) is 2.98. The monoisotopic (exact) mass is 279 g/mol. The van der Waals surface area contributed by atoms with Crippen molar-refractivity contribution in [3.8, 4) is 11.1 Å². The van der Waals surface area contributed by atoms with Gasteiger partial charge >= 0.3 is 0 Å². The molecule has 0 saturated heterocycles. The van der Waals surface area contributed by atoms with E-state index in [2.05, 4.69) is 20.8 Å².